The Morgan fingerprint density at radius 3 is 1.27 bits per heavy atom. The summed E-state index contributed by atoms with van der Waals surface area (Å²) in [7, 11) is 3.38. The Hall–Kier alpha value is -0.900. The van der Waals surface area contributed by atoms with Gasteiger partial charge in [0.05, 0.1) is 24.4 Å². The number of ether oxygens (including phenoxy) is 2. The zero-order valence-electron chi connectivity index (χ0n) is 32.9. The molecule has 16 atom stereocenters. The van der Waals surface area contributed by atoms with E-state index in [0.29, 0.717) is 36.9 Å². The van der Waals surface area contributed by atoms with Gasteiger partial charge < -0.3 is 29.9 Å². The SMILES string of the molecule is COC[C@@]1(O)CC[C@H]2[C@H](CC[C@@H]3[C@@H]2CC[C@]2(C)[C@@H](C(=O)CO)CC[C@@H]32)C1.COC[C@]1(O)CC[C@H]2[C@H](CC[C@@H]3[C@@H]2CC[C@]2(C)[C@@H](C(=O)CO)CC[C@@H]32)C1. The van der Waals surface area contributed by atoms with E-state index in [1.54, 1.807) is 14.2 Å². The summed E-state index contributed by atoms with van der Waals surface area (Å²) in [5, 5.41) is 40.5. The van der Waals surface area contributed by atoms with Gasteiger partial charge in [-0.1, -0.05) is 13.8 Å². The van der Waals surface area contributed by atoms with Gasteiger partial charge in [-0.2, -0.15) is 0 Å². The van der Waals surface area contributed by atoms with Gasteiger partial charge in [-0.3, -0.25) is 9.59 Å². The third kappa shape index (κ3) is 6.82. The van der Waals surface area contributed by atoms with E-state index in [1.807, 2.05) is 0 Å². The Kier molecular flexibility index (Phi) is 11.5. The Labute approximate surface area is 313 Å². The number of methoxy groups -OCH3 is 2. The molecule has 8 aliphatic rings. The minimum absolute atomic E-state index is 0.0735. The molecule has 0 bridgehead atoms. The zero-order valence-corrected chi connectivity index (χ0v) is 32.9. The fourth-order valence-corrected chi connectivity index (χ4v) is 16.0. The van der Waals surface area contributed by atoms with Crippen molar-refractivity contribution in [3.8, 4) is 0 Å². The van der Waals surface area contributed by atoms with Crippen molar-refractivity contribution in [1.82, 2.24) is 0 Å². The monoisotopic (exact) mass is 729 g/mol. The van der Waals surface area contributed by atoms with Gasteiger partial charge in [-0.15, -0.1) is 0 Å². The maximum absolute atomic E-state index is 12.3. The summed E-state index contributed by atoms with van der Waals surface area (Å²) < 4.78 is 10.6. The predicted octanol–water partition coefficient (Wildman–Crippen LogP) is 6.39. The molecule has 0 unspecified atom stereocenters. The number of hydrogen-bond donors (Lipinski definition) is 4. The highest BCUT2D eigenvalue weighted by Gasteiger charge is 2.60. The molecule has 0 aliphatic heterocycles. The molecule has 52 heavy (non-hydrogen) atoms. The van der Waals surface area contributed by atoms with Crippen molar-refractivity contribution in [3.63, 3.8) is 0 Å². The van der Waals surface area contributed by atoms with Gasteiger partial charge in [-0.25, -0.2) is 0 Å². The van der Waals surface area contributed by atoms with Gasteiger partial charge in [0, 0.05) is 26.1 Å². The van der Waals surface area contributed by atoms with E-state index in [2.05, 4.69) is 13.8 Å². The molecular weight excluding hydrogens is 656 g/mol. The molecule has 0 saturated heterocycles. The first-order chi connectivity index (χ1) is 24.8. The number of carbonyl (C=O) groups excluding carboxylic acids is 2. The number of carbonyl (C=O) groups is 2. The van der Waals surface area contributed by atoms with Crippen LogP contribution < -0.4 is 0 Å². The van der Waals surface area contributed by atoms with Crippen LogP contribution in [0.4, 0.5) is 0 Å². The zero-order chi connectivity index (χ0) is 37.1. The number of ketones is 2. The van der Waals surface area contributed by atoms with Crippen molar-refractivity contribution in [2.45, 2.75) is 141 Å². The third-order valence-electron chi connectivity index (χ3n) is 18.1. The summed E-state index contributed by atoms with van der Waals surface area (Å²) in [4.78, 5) is 24.6. The summed E-state index contributed by atoms with van der Waals surface area (Å²) in [6.45, 7) is 5.03. The summed E-state index contributed by atoms with van der Waals surface area (Å²) in [6.07, 6.45) is 19.8. The molecule has 8 rings (SSSR count). The predicted molar refractivity (Wildman–Crippen MR) is 199 cm³/mol. The molecule has 296 valence electrons. The number of hydrogen-bond acceptors (Lipinski definition) is 8. The lowest BCUT2D eigenvalue weighted by atomic mass is 9.49. The molecule has 8 saturated carbocycles. The van der Waals surface area contributed by atoms with Gasteiger partial charge in [0.2, 0.25) is 0 Å². The van der Waals surface area contributed by atoms with Gasteiger partial charge in [-0.05, 0) is 186 Å². The Morgan fingerprint density at radius 2 is 0.904 bits per heavy atom. The minimum atomic E-state index is -0.613. The molecule has 8 nitrogen and oxygen atoms in total. The van der Waals surface area contributed by atoms with Crippen molar-refractivity contribution in [1.29, 1.82) is 0 Å². The number of aliphatic hydroxyl groups excluding tert-OH is 2. The normalized spacial score (nSPS) is 50.6. The highest BCUT2D eigenvalue weighted by atomic mass is 16.5. The first-order valence-corrected chi connectivity index (χ1v) is 21.5. The van der Waals surface area contributed by atoms with Crippen LogP contribution in [0.25, 0.3) is 0 Å². The van der Waals surface area contributed by atoms with E-state index < -0.39 is 11.2 Å². The lowest BCUT2D eigenvalue weighted by Gasteiger charge is -2.57. The molecule has 8 heteroatoms. The number of Topliss-reactive ketones (excluding diaryl/α,β-unsaturated/α-hetero) is 2. The first-order valence-electron chi connectivity index (χ1n) is 21.5. The quantitative estimate of drug-likeness (QED) is 0.226. The van der Waals surface area contributed by atoms with Crippen LogP contribution in [0.2, 0.25) is 0 Å². The molecule has 8 aliphatic carbocycles. The second kappa shape index (κ2) is 15.2. The van der Waals surface area contributed by atoms with Gasteiger partial charge in [0.1, 0.15) is 13.2 Å². The van der Waals surface area contributed by atoms with Crippen molar-refractivity contribution < 1.29 is 39.5 Å². The molecule has 0 spiro atoms. The van der Waals surface area contributed by atoms with E-state index in [0.717, 1.165) is 99.7 Å². The molecule has 0 aromatic carbocycles. The Bertz CT molecular complexity index is 1190. The van der Waals surface area contributed by atoms with Crippen LogP contribution in [0.1, 0.15) is 129 Å². The highest BCUT2D eigenvalue weighted by Crippen LogP contribution is 2.66. The largest absolute Gasteiger partial charge is 0.389 e. The first kappa shape index (κ1) is 39.3. The van der Waals surface area contributed by atoms with Crippen molar-refractivity contribution in [3.05, 3.63) is 0 Å². The molecular formula is C44H72O8. The van der Waals surface area contributed by atoms with Crippen LogP contribution in [0, 0.1) is 81.8 Å². The van der Waals surface area contributed by atoms with E-state index in [-0.39, 0.29) is 47.4 Å². The highest BCUT2D eigenvalue weighted by molar-refractivity contribution is 5.83. The fourth-order valence-electron chi connectivity index (χ4n) is 16.0. The Morgan fingerprint density at radius 1 is 0.519 bits per heavy atom. The average Bonchev–Trinajstić information content (AvgIpc) is 3.67. The number of rotatable bonds is 8. The van der Waals surface area contributed by atoms with Gasteiger partial charge >= 0.3 is 0 Å². The molecule has 0 heterocycles. The third-order valence-corrected chi connectivity index (χ3v) is 18.1. The number of aliphatic hydroxyl groups is 4. The summed E-state index contributed by atoms with van der Waals surface area (Å²) in [5.41, 5.74) is -1.01. The standard InChI is InChI=1S/2C22H36O4/c2*1-21-9-7-16-15-8-10-22(25,13-26-2)11-14(15)3-4-17(16)18(21)5-6-19(21)20(24)12-23/h2*14-19,23,25H,3-13H2,1-2H3/t14-,15+,16-,17-,18+,19-,21+,22+;14-,15+,16-,17-,18+,19-,21+,22-/m11/s1. The Balaban J connectivity index is 0.000000162. The molecule has 8 fully saturated rings. The second-order valence-electron chi connectivity index (χ2n) is 20.3. The van der Waals surface area contributed by atoms with E-state index in [9.17, 15) is 30.0 Å². The van der Waals surface area contributed by atoms with E-state index in [1.165, 1.54) is 51.4 Å². The van der Waals surface area contributed by atoms with Crippen molar-refractivity contribution >= 4 is 11.6 Å². The van der Waals surface area contributed by atoms with E-state index >= 15 is 0 Å². The fraction of sp³-hybridized carbons (Fsp3) is 0.955. The summed E-state index contributed by atoms with van der Waals surface area (Å²) >= 11 is 0. The van der Waals surface area contributed by atoms with Crippen molar-refractivity contribution in [2.75, 3.05) is 40.6 Å². The lowest BCUT2D eigenvalue weighted by Crippen LogP contribution is -2.52. The molecule has 0 aromatic rings. The lowest BCUT2D eigenvalue weighted by molar-refractivity contribution is -0.138. The van der Waals surface area contributed by atoms with Gasteiger partial charge in [0.15, 0.2) is 11.6 Å². The van der Waals surface area contributed by atoms with Crippen LogP contribution in [-0.4, -0.2) is 83.8 Å². The van der Waals surface area contributed by atoms with E-state index in [4.69, 9.17) is 9.47 Å². The maximum Gasteiger partial charge on any atom is 0.161 e. The van der Waals surface area contributed by atoms with Crippen LogP contribution in [0.3, 0.4) is 0 Å². The van der Waals surface area contributed by atoms with Crippen LogP contribution >= 0.6 is 0 Å². The van der Waals surface area contributed by atoms with Crippen molar-refractivity contribution in [2.24, 2.45) is 81.8 Å². The molecule has 0 amide bonds. The average molecular weight is 729 g/mol. The van der Waals surface area contributed by atoms with Crippen LogP contribution in [0.5, 0.6) is 0 Å². The van der Waals surface area contributed by atoms with Crippen LogP contribution in [-0.2, 0) is 19.1 Å². The maximum atomic E-state index is 12.3. The molecule has 0 radical (unpaired) electrons. The number of fused-ring (bicyclic) bond motifs is 10. The second-order valence-corrected chi connectivity index (χ2v) is 20.3. The summed E-state index contributed by atoms with van der Waals surface area (Å²) in [6, 6.07) is 0. The topological polar surface area (TPSA) is 134 Å². The van der Waals surface area contributed by atoms with Crippen LogP contribution in [0.15, 0.2) is 0 Å². The van der Waals surface area contributed by atoms with Gasteiger partial charge in [0.25, 0.3) is 0 Å². The summed E-state index contributed by atoms with van der Waals surface area (Å²) in [5.74, 6) is 7.47. The minimum Gasteiger partial charge on any atom is -0.389 e. The molecule has 0 aromatic heterocycles. The smallest absolute Gasteiger partial charge is 0.161 e. The molecule has 4 N–H and O–H groups in total.